The Balaban J connectivity index is 1.52. The van der Waals surface area contributed by atoms with Crippen LogP contribution in [0.2, 0.25) is 0 Å². The number of benzene rings is 2. The molecule has 0 radical (unpaired) electrons. The molecule has 15 nitrogen and oxygen atoms in total. The first-order valence-corrected chi connectivity index (χ1v) is 14.5. The zero-order valence-electron chi connectivity index (χ0n) is 25.4. The number of rotatable bonds is 12. The fourth-order valence-electron chi connectivity index (χ4n) is 5.08. The van der Waals surface area contributed by atoms with Crippen molar-refractivity contribution in [2.24, 2.45) is 0 Å². The highest BCUT2D eigenvalue weighted by Gasteiger charge is 2.52. The van der Waals surface area contributed by atoms with Crippen LogP contribution in [0.5, 0.6) is 23.0 Å². The third kappa shape index (κ3) is 8.25. The first kappa shape index (κ1) is 35.3. The average Bonchev–Trinajstić information content (AvgIpc) is 3.04. The molecular formula is C31H40O15. The number of phenolic OH excluding ortho intramolecular Hbond substituents is 2. The molecule has 0 aromatic heterocycles. The van der Waals surface area contributed by atoms with Gasteiger partial charge in [-0.1, -0.05) is 12.1 Å². The lowest BCUT2D eigenvalue weighted by Gasteiger charge is -2.46. The number of carbonyl (C=O) groups is 1. The molecule has 0 amide bonds. The van der Waals surface area contributed by atoms with E-state index in [2.05, 4.69) is 0 Å². The van der Waals surface area contributed by atoms with Gasteiger partial charge in [-0.3, -0.25) is 0 Å². The molecule has 0 bridgehead atoms. The van der Waals surface area contributed by atoms with Gasteiger partial charge in [0.15, 0.2) is 41.7 Å². The lowest BCUT2D eigenvalue weighted by molar-refractivity contribution is -0.357. The normalized spacial score (nSPS) is 31.5. The van der Waals surface area contributed by atoms with Gasteiger partial charge in [0, 0.05) is 6.08 Å². The molecule has 10 atom stereocenters. The molecule has 2 aromatic carbocycles. The maximum Gasteiger partial charge on any atom is 0.331 e. The third-order valence-corrected chi connectivity index (χ3v) is 7.68. The van der Waals surface area contributed by atoms with E-state index in [9.17, 15) is 40.5 Å². The molecule has 15 heteroatoms. The Morgan fingerprint density at radius 3 is 2.26 bits per heavy atom. The first-order chi connectivity index (χ1) is 22.0. The number of ether oxygens (including phenoxy) is 7. The summed E-state index contributed by atoms with van der Waals surface area (Å²) >= 11 is 0. The minimum Gasteiger partial charge on any atom is -0.504 e. The van der Waals surface area contributed by atoms with Crippen LogP contribution in [0.15, 0.2) is 42.5 Å². The van der Waals surface area contributed by atoms with Crippen LogP contribution in [-0.2, 0) is 34.9 Å². The van der Waals surface area contributed by atoms with Crippen molar-refractivity contribution >= 4 is 12.0 Å². The maximum absolute atomic E-state index is 12.9. The summed E-state index contributed by atoms with van der Waals surface area (Å²) in [5, 5.41) is 72.3. The van der Waals surface area contributed by atoms with Gasteiger partial charge in [0.2, 0.25) is 0 Å². The van der Waals surface area contributed by atoms with Crippen LogP contribution in [0.25, 0.3) is 6.08 Å². The third-order valence-electron chi connectivity index (χ3n) is 7.68. The monoisotopic (exact) mass is 652 g/mol. The summed E-state index contributed by atoms with van der Waals surface area (Å²) in [6, 6.07) is 9.16. The minimum atomic E-state index is -1.75. The van der Waals surface area contributed by atoms with E-state index >= 15 is 0 Å². The highest BCUT2D eigenvalue weighted by Crippen LogP contribution is 2.32. The van der Waals surface area contributed by atoms with E-state index in [1.54, 1.807) is 12.1 Å². The summed E-state index contributed by atoms with van der Waals surface area (Å²) < 4.78 is 38.6. The van der Waals surface area contributed by atoms with Gasteiger partial charge in [-0.25, -0.2) is 4.79 Å². The smallest absolute Gasteiger partial charge is 0.331 e. The van der Waals surface area contributed by atoms with Gasteiger partial charge in [-0.2, -0.15) is 0 Å². The molecule has 2 aliphatic heterocycles. The fraction of sp³-hybridized carbons (Fsp3) is 0.516. The van der Waals surface area contributed by atoms with Gasteiger partial charge in [-0.15, -0.1) is 0 Å². The Morgan fingerprint density at radius 2 is 1.59 bits per heavy atom. The largest absolute Gasteiger partial charge is 0.504 e. The number of hydrogen-bond acceptors (Lipinski definition) is 15. The van der Waals surface area contributed by atoms with Crippen LogP contribution in [0.4, 0.5) is 0 Å². The van der Waals surface area contributed by atoms with Gasteiger partial charge in [0.05, 0.1) is 33.5 Å². The summed E-state index contributed by atoms with van der Waals surface area (Å²) in [5.74, 6) is -0.625. The van der Waals surface area contributed by atoms with Crippen LogP contribution in [0.1, 0.15) is 18.1 Å². The maximum atomic E-state index is 12.9. The zero-order chi connectivity index (χ0) is 33.5. The van der Waals surface area contributed by atoms with Crippen LogP contribution in [0.3, 0.4) is 0 Å². The van der Waals surface area contributed by atoms with Crippen LogP contribution >= 0.6 is 0 Å². The lowest BCUT2D eigenvalue weighted by atomic mass is 9.97. The Bertz CT molecular complexity index is 1340. The Morgan fingerprint density at radius 1 is 0.848 bits per heavy atom. The highest BCUT2D eigenvalue weighted by molar-refractivity contribution is 5.87. The van der Waals surface area contributed by atoms with Crippen molar-refractivity contribution in [1.82, 2.24) is 0 Å². The molecule has 2 aliphatic rings. The Kier molecular flexibility index (Phi) is 12.2. The van der Waals surface area contributed by atoms with E-state index in [1.165, 1.54) is 51.5 Å². The van der Waals surface area contributed by atoms with Crippen LogP contribution in [0, 0.1) is 0 Å². The standard InChI is InChI=1S/C31H40O15/c1-15-24(36)25(37)26(38)31(43-15)46-29-27(39)30(42-11-10-17-5-8-20(40-2)19(34)12-17)44-22(14-32)28(29)45-23(35)9-6-16-4-7-18(33)21(13-16)41-3/h4-9,12-13,15,22,24-34,36-39H,10-11,14H2,1-3H3/t15-,22-,24+,25-,26-,27-,28-,29+,30-,31+/m1/s1. The molecule has 2 aromatic rings. The minimum absolute atomic E-state index is 0.0217. The van der Waals surface area contributed by atoms with E-state index in [0.717, 1.165) is 6.08 Å². The second kappa shape index (κ2) is 15.9. The zero-order valence-corrected chi connectivity index (χ0v) is 25.4. The number of esters is 1. The summed E-state index contributed by atoms with van der Waals surface area (Å²) in [6.07, 6.45) is -12.1. The molecule has 2 saturated heterocycles. The Hall–Kier alpha value is -3.51. The van der Waals surface area contributed by atoms with E-state index in [4.69, 9.17) is 33.2 Å². The molecule has 4 rings (SSSR count). The van der Waals surface area contributed by atoms with Crippen molar-refractivity contribution in [1.29, 1.82) is 0 Å². The van der Waals surface area contributed by atoms with E-state index in [1.807, 2.05) is 0 Å². The molecular weight excluding hydrogens is 612 g/mol. The second-order valence-corrected chi connectivity index (χ2v) is 10.8. The number of phenols is 2. The predicted octanol–water partition coefficient (Wildman–Crippen LogP) is -0.410. The average molecular weight is 653 g/mol. The van der Waals surface area contributed by atoms with Crippen LogP contribution in [-0.4, -0.2) is 131 Å². The molecule has 0 saturated carbocycles. The van der Waals surface area contributed by atoms with Crippen molar-refractivity contribution in [3.8, 4) is 23.0 Å². The van der Waals surface area contributed by atoms with Gasteiger partial charge in [0.25, 0.3) is 0 Å². The summed E-state index contributed by atoms with van der Waals surface area (Å²) in [7, 11) is 2.79. The molecule has 7 N–H and O–H groups in total. The molecule has 2 fully saturated rings. The number of aromatic hydroxyl groups is 2. The summed E-state index contributed by atoms with van der Waals surface area (Å²) in [4.78, 5) is 12.9. The van der Waals surface area contributed by atoms with Crippen molar-refractivity contribution in [2.75, 3.05) is 27.4 Å². The fourth-order valence-corrected chi connectivity index (χ4v) is 5.08. The molecule has 0 aliphatic carbocycles. The topological polar surface area (TPSA) is 223 Å². The van der Waals surface area contributed by atoms with Gasteiger partial charge in [-0.05, 0) is 54.8 Å². The first-order valence-electron chi connectivity index (χ1n) is 14.5. The number of aliphatic hydroxyl groups excluding tert-OH is 5. The van der Waals surface area contributed by atoms with Gasteiger partial charge in [0.1, 0.15) is 36.6 Å². The van der Waals surface area contributed by atoms with E-state index in [0.29, 0.717) is 16.9 Å². The molecule has 2 heterocycles. The Labute approximate surface area is 264 Å². The molecule has 0 unspecified atom stereocenters. The summed E-state index contributed by atoms with van der Waals surface area (Å²) in [6.45, 7) is 0.712. The quantitative estimate of drug-likeness (QED) is 0.114. The number of aliphatic hydroxyl groups is 5. The van der Waals surface area contributed by atoms with Crippen molar-refractivity contribution < 1.29 is 73.7 Å². The molecule has 254 valence electrons. The SMILES string of the molecule is COc1ccc(CCO[C@@H]2O[C@H](CO)[C@@H](OC(=O)C=Cc3ccc(O)c(OC)c3)[C@@H](O[C@@H]3O[C@H](C)[C@H](O)[C@@H](O)[C@H]3O)[C@H]2O)cc1O. The van der Waals surface area contributed by atoms with Crippen LogP contribution < -0.4 is 9.47 Å². The molecule has 46 heavy (non-hydrogen) atoms. The van der Waals surface area contributed by atoms with Crippen molar-refractivity contribution in [2.45, 2.75) is 74.8 Å². The van der Waals surface area contributed by atoms with Crippen molar-refractivity contribution in [3.63, 3.8) is 0 Å². The van der Waals surface area contributed by atoms with Crippen molar-refractivity contribution in [3.05, 3.63) is 53.6 Å². The van der Waals surface area contributed by atoms with Gasteiger partial charge >= 0.3 is 5.97 Å². The van der Waals surface area contributed by atoms with E-state index < -0.39 is 74.0 Å². The second-order valence-electron chi connectivity index (χ2n) is 10.8. The van der Waals surface area contributed by atoms with E-state index in [-0.39, 0.29) is 30.3 Å². The summed E-state index contributed by atoms with van der Waals surface area (Å²) in [5.41, 5.74) is 1.16. The predicted molar refractivity (Wildman–Crippen MR) is 157 cm³/mol. The number of carbonyl (C=O) groups excluding carboxylic acids is 1. The number of methoxy groups -OCH3 is 2. The number of hydrogen-bond donors (Lipinski definition) is 7. The van der Waals surface area contributed by atoms with Gasteiger partial charge < -0.3 is 68.9 Å². The lowest BCUT2D eigenvalue weighted by Crippen LogP contribution is -2.65. The molecule has 0 spiro atoms. The highest BCUT2D eigenvalue weighted by atomic mass is 16.7.